The van der Waals surface area contributed by atoms with Gasteiger partial charge >= 0.3 is 6.03 Å². The Morgan fingerprint density at radius 1 is 1.16 bits per heavy atom. The number of anilines is 1. The van der Waals surface area contributed by atoms with Crippen molar-refractivity contribution in [3.8, 4) is 5.75 Å². The monoisotopic (exact) mass is 519 g/mol. The lowest BCUT2D eigenvalue weighted by molar-refractivity contribution is -0.130. The number of urea groups is 1. The maximum Gasteiger partial charge on any atom is 0.325 e. The number of rotatable bonds is 7. The zero-order valence-electron chi connectivity index (χ0n) is 22.3. The topological polar surface area (TPSA) is 70.9 Å². The van der Waals surface area contributed by atoms with Gasteiger partial charge in [0.15, 0.2) is 0 Å². The highest BCUT2D eigenvalue weighted by atomic mass is 19.1. The summed E-state index contributed by atoms with van der Waals surface area (Å²) in [7, 11) is 1.63. The molecule has 3 amide bonds. The van der Waals surface area contributed by atoms with Crippen LogP contribution in [0.2, 0.25) is 0 Å². The number of ether oxygens (including phenoxy) is 1. The number of halogens is 1. The Balaban J connectivity index is 1.58. The van der Waals surface area contributed by atoms with Gasteiger partial charge in [0, 0.05) is 67.7 Å². The van der Waals surface area contributed by atoms with E-state index in [0.29, 0.717) is 44.0 Å². The number of methoxy groups -OCH3 is 1. The highest BCUT2D eigenvalue weighted by Gasteiger charge is 2.61. The molecule has 0 saturated carbocycles. The van der Waals surface area contributed by atoms with Gasteiger partial charge in [0.05, 0.1) is 12.6 Å². The third kappa shape index (κ3) is 4.40. The second kappa shape index (κ2) is 10.1. The zero-order valence-corrected chi connectivity index (χ0v) is 22.3. The molecule has 2 aromatic carbocycles. The summed E-state index contributed by atoms with van der Waals surface area (Å²) in [6.45, 7) is 7.55. The van der Waals surface area contributed by atoms with Crippen molar-refractivity contribution in [3.05, 3.63) is 77.9 Å². The van der Waals surface area contributed by atoms with Crippen molar-refractivity contribution in [1.29, 1.82) is 0 Å². The largest absolute Gasteiger partial charge is 0.496 e. The molecule has 38 heavy (non-hydrogen) atoms. The Bertz CT molecular complexity index is 1340. The van der Waals surface area contributed by atoms with Crippen LogP contribution in [0.4, 0.5) is 14.9 Å². The maximum atomic E-state index is 14.4. The molecule has 200 valence electrons. The van der Waals surface area contributed by atoms with Gasteiger partial charge in [-0.1, -0.05) is 24.3 Å². The number of likely N-dealkylation sites (tertiary alicyclic amines) is 1. The number of aromatic nitrogens is 2. The Kier molecular flexibility index (Phi) is 6.86. The summed E-state index contributed by atoms with van der Waals surface area (Å²) < 4.78 is 22.0. The SMILES string of the molecule is COc1ccccc1C1CN(C(=O)CCn2nccc2C)C[C@@]12CN(C(C)C)C(=O)N2c1cccc(F)c1. The minimum Gasteiger partial charge on any atom is -0.496 e. The molecular formula is C29H34FN5O3. The van der Waals surface area contributed by atoms with E-state index in [0.717, 1.165) is 11.3 Å². The van der Waals surface area contributed by atoms with Crippen LogP contribution in [0.25, 0.3) is 0 Å². The third-order valence-corrected chi connectivity index (χ3v) is 7.87. The lowest BCUT2D eigenvalue weighted by atomic mass is 9.80. The van der Waals surface area contributed by atoms with Gasteiger partial charge in [-0.05, 0) is 51.1 Å². The first-order chi connectivity index (χ1) is 18.2. The van der Waals surface area contributed by atoms with E-state index in [2.05, 4.69) is 5.10 Å². The molecule has 1 unspecified atom stereocenters. The number of para-hydroxylation sites is 1. The summed E-state index contributed by atoms with van der Waals surface area (Å²) in [5.41, 5.74) is 1.60. The van der Waals surface area contributed by atoms with Crippen molar-refractivity contribution in [2.24, 2.45) is 0 Å². The Labute approximate surface area is 222 Å². The van der Waals surface area contributed by atoms with Crippen molar-refractivity contribution in [1.82, 2.24) is 19.6 Å². The first-order valence-electron chi connectivity index (χ1n) is 13.0. The highest BCUT2D eigenvalue weighted by Crippen LogP contribution is 2.49. The molecule has 2 saturated heterocycles. The van der Waals surface area contributed by atoms with Gasteiger partial charge in [0.1, 0.15) is 11.6 Å². The molecule has 0 N–H and O–H groups in total. The number of aryl methyl sites for hydroxylation is 2. The van der Waals surface area contributed by atoms with Gasteiger partial charge < -0.3 is 14.5 Å². The quantitative estimate of drug-likeness (QED) is 0.463. The van der Waals surface area contributed by atoms with Crippen LogP contribution in [0, 0.1) is 12.7 Å². The van der Waals surface area contributed by atoms with Gasteiger partial charge in [-0.25, -0.2) is 9.18 Å². The number of hydrogen-bond acceptors (Lipinski definition) is 4. The number of benzene rings is 2. The molecule has 8 nitrogen and oxygen atoms in total. The molecule has 9 heteroatoms. The molecule has 1 aromatic heterocycles. The van der Waals surface area contributed by atoms with Crippen LogP contribution in [-0.4, -0.2) is 69.8 Å². The fourth-order valence-electron chi connectivity index (χ4n) is 5.95. The fourth-order valence-corrected chi connectivity index (χ4v) is 5.95. The van der Waals surface area contributed by atoms with Crippen LogP contribution in [-0.2, 0) is 11.3 Å². The van der Waals surface area contributed by atoms with E-state index in [1.807, 2.05) is 65.6 Å². The third-order valence-electron chi connectivity index (χ3n) is 7.87. The van der Waals surface area contributed by atoms with E-state index in [1.54, 1.807) is 30.3 Å². The summed E-state index contributed by atoms with van der Waals surface area (Å²) in [4.78, 5) is 32.9. The van der Waals surface area contributed by atoms with E-state index >= 15 is 0 Å². The van der Waals surface area contributed by atoms with Crippen molar-refractivity contribution < 1.29 is 18.7 Å². The summed E-state index contributed by atoms with van der Waals surface area (Å²) >= 11 is 0. The minimum absolute atomic E-state index is 0.00805. The predicted octanol–water partition coefficient (Wildman–Crippen LogP) is 4.44. The summed E-state index contributed by atoms with van der Waals surface area (Å²) in [6.07, 6.45) is 2.02. The smallest absolute Gasteiger partial charge is 0.325 e. The Morgan fingerprint density at radius 2 is 1.95 bits per heavy atom. The number of nitrogens with zero attached hydrogens (tertiary/aromatic N) is 5. The van der Waals surface area contributed by atoms with E-state index in [9.17, 15) is 14.0 Å². The van der Waals surface area contributed by atoms with Crippen molar-refractivity contribution >= 4 is 17.6 Å². The van der Waals surface area contributed by atoms with Gasteiger partial charge in [0.25, 0.3) is 0 Å². The highest BCUT2D eigenvalue weighted by molar-refractivity contribution is 5.97. The van der Waals surface area contributed by atoms with Crippen molar-refractivity contribution in [2.75, 3.05) is 31.6 Å². The summed E-state index contributed by atoms with van der Waals surface area (Å²) in [5.74, 6) is 0.0344. The molecule has 0 radical (unpaired) electrons. The first-order valence-corrected chi connectivity index (χ1v) is 13.0. The van der Waals surface area contributed by atoms with Crippen LogP contribution in [0.5, 0.6) is 5.75 Å². The fraction of sp³-hybridized carbons (Fsp3) is 0.414. The van der Waals surface area contributed by atoms with Gasteiger partial charge in [-0.2, -0.15) is 5.10 Å². The van der Waals surface area contributed by atoms with Crippen molar-refractivity contribution in [3.63, 3.8) is 0 Å². The second-order valence-corrected chi connectivity index (χ2v) is 10.4. The van der Waals surface area contributed by atoms with Crippen molar-refractivity contribution in [2.45, 2.75) is 51.2 Å². The van der Waals surface area contributed by atoms with Crippen LogP contribution in [0.1, 0.15) is 37.4 Å². The molecule has 2 fully saturated rings. The zero-order chi connectivity index (χ0) is 27.0. The first kappa shape index (κ1) is 25.8. The van der Waals surface area contributed by atoms with E-state index in [1.165, 1.54) is 12.1 Å². The van der Waals surface area contributed by atoms with E-state index in [4.69, 9.17) is 4.74 Å². The Hall–Kier alpha value is -3.88. The number of carbonyl (C=O) groups is 2. The molecular weight excluding hydrogens is 485 g/mol. The lowest BCUT2D eigenvalue weighted by Gasteiger charge is -2.38. The van der Waals surface area contributed by atoms with Crippen LogP contribution in [0.3, 0.4) is 0 Å². The molecule has 3 aromatic rings. The molecule has 0 aliphatic carbocycles. The average Bonchev–Trinajstić information content (AvgIpc) is 3.57. The van der Waals surface area contributed by atoms with Gasteiger partial charge in [-0.3, -0.25) is 14.4 Å². The number of hydrogen-bond donors (Lipinski definition) is 0. The second-order valence-electron chi connectivity index (χ2n) is 10.4. The lowest BCUT2D eigenvalue weighted by Crippen LogP contribution is -2.53. The van der Waals surface area contributed by atoms with Gasteiger partial charge in [0.2, 0.25) is 5.91 Å². The molecule has 2 atom stereocenters. The van der Waals surface area contributed by atoms with Crippen LogP contribution < -0.4 is 9.64 Å². The molecule has 5 rings (SSSR count). The minimum atomic E-state index is -0.805. The number of amides is 3. The maximum absolute atomic E-state index is 14.4. The molecule has 2 aliphatic rings. The molecule has 2 aliphatic heterocycles. The standard InChI is InChI=1S/C29H34FN5O3/c1-20(2)33-19-29(35(28(33)37)23-9-7-8-22(30)16-23)18-32(27(36)13-15-34-21(3)12-14-31-34)17-25(29)24-10-5-6-11-26(24)38-4/h5-12,14,16,20,25H,13,15,17-19H2,1-4H3/t25?,29-/m1/s1. The summed E-state index contributed by atoms with van der Waals surface area (Å²) in [6, 6.07) is 15.6. The molecule has 1 spiro atoms. The Morgan fingerprint density at radius 3 is 2.63 bits per heavy atom. The average molecular weight is 520 g/mol. The normalized spacial score (nSPS) is 21.3. The van der Waals surface area contributed by atoms with E-state index < -0.39 is 11.4 Å². The summed E-state index contributed by atoms with van der Waals surface area (Å²) in [5, 5.41) is 4.30. The number of carbonyl (C=O) groups excluding carboxylic acids is 2. The molecule has 3 heterocycles. The van der Waals surface area contributed by atoms with Crippen LogP contribution >= 0.6 is 0 Å². The van der Waals surface area contributed by atoms with E-state index in [-0.39, 0.29) is 23.9 Å². The van der Waals surface area contributed by atoms with Crippen LogP contribution in [0.15, 0.2) is 60.8 Å². The van der Waals surface area contributed by atoms with Gasteiger partial charge in [-0.15, -0.1) is 0 Å². The predicted molar refractivity (Wildman–Crippen MR) is 143 cm³/mol. The molecule has 0 bridgehead atoms.